The van der Waals surface area contributed by atoms with Crippen molar-refractivity contribution < 1.29 is 23.9 Å². The van der Waals surface area contributed by atoms with E-state index in [4.69, 9.17) is 15.2 Å². The highest BCUT2D eigenvalue weighted by atomic mass is 16.5. The van der Waals surface area contributed by atoms with Crippen LogP contribution >= 0.6 is 0 Å². The van der Waals surface area contributed by atoms with E-state index in [2.05, 4.69) is 10.6 Å². The number of urea groups is 1. The smallest absolute Gasteiger partial charge is 0.312 e. The van der Waals surface area contributed by atoms with E-state index in [9.17, 15) is 14.4 Å². The van der Waals surface area contributed by atoms with Gasteiger partial charge in [0, 0.05) is 6.54 Å². The third-order valence-corrected chi connectivity index (χ3v) is 4.00. The fourth-order valence-electron chi connectivity index (χ4n) is 2.58. The summed E-state index contributed by atoms with van der Waals surface area (Å²) in [6, 6.07) is 14.6. The molecule has 8 heteroatoms. The first-order chi connectivity index (χ1) is 14.3. The second-order valence-electron chi connectivity index (χ2n) is 7.11. The number of ether oxygens (including phenoxy) is 2. The van der Waals surface area contributed by atoms with E-state index in [0.29, 0.717) is 29.5 Å². The monoisotopic (exact) mass is 413 g/mol. The van der Waals surface area contributed by atoms with Crippen molar-refractivity contribution in [3.05, 3.63) is 60.2 Å². The fraction of sp³-hybridized carbons (Fsp3) is 0.318. The predicted octanol–water partition coefficient (Wildman–Crippen LogP) is 2.89. The van der Waals surface area contributed by atoms with E-state index in [0.717, 1.165) is 0 Å². The number of nitrogens with one attached hydrogen (secondary N) is 2. The lowest BCUT2D eigenvalue weighted by molar-refractivity contribution is -0.149. The molecule has 160 valence electrons. The molecule has 0 spiro atoms. The summed E-state index contributed by atoms with van der Waals surface area (Å²) in [6.07, 6.45) is -0.185. The topological polar surface area (TPSA) is 120 Å². The predicted molar refractivity (Wildman–Crippen MR) is 112 cm³/mol. The van der Waals surface area contributed by atoms with Crippen molar-refractivity contribution in [2.24, 2.45) is 11.7 Å². The third-order valence-electron chi connectivity index (χ3n) is 4.00. The minimum Gasteiger partial charge on any atom is -0.457 e. The van der Waals surface area contributed by atoms with Gasteiger partial charge in [0.2, 0.25) is 0 Å². The number of carbonyl (C=O) groups is 3. The normalized spacial score (nSPS) is 11.4. The number of esters is 1. The van der Waals surface area contributed by atoms with Crippen LogP contribution in [0.1, 0.15) is 31.9 Å². The van der Waals surface area contributed by atoms with Gasteiger partial charge in [0.05, 0.1) is 12.5 Å². The van der Waals surface area contributed by atoms with Gasteiger partial charge in [-0.1, -0.05) is 44.2 Å². The fourth-order valence-corrected chi connectivity index (χ4v) is 2.58. The van der Waals surface area contributed by atoms with Crippen LogP contribution in [-0.4, -0.2) is 31.1 Å². The van der Waals surface area contributed by atoms with E-state index in [1.54, 1.807) is 24.3 Å². The molecule has 1 unspecified atom stereocenters. The number of amides is 3. The Labute approximate surface area is 175 Å². The SMILES string of the molecule is CC(C)CNC(=O)COC(=O)CC(NC(N)=O)c1cccc(Oc2ccccc2)c1. The van der Waals surface area contributed by atoms with Gasteiger partial charge in [-0.15, -0.1) is 0 Å². The number of para-hydroxylation sites is 1. The van der Waals surface area contributed by atoms with Gasteiger partial charge in [0.15, 0.2) is 6.61 Å². The van der Waals surface area contributed by atoms with Gasteiger partial charge in [0.1, 0.15) is 11.5 Å². The molecule has 2 aromatic rings. The summed E-state index contributed by atoms with van der Waals surface area (Å²) in [7, 11) is 0. The van der Waals surface area contributed by atoms with Crippen molar-refractivity contribution in [3.8, 4) is 11.5 Å². The molecule has 0 aliphatic rings. The Kier molecular flexibility index (Phi) is 8.68. The summed E-state index contributed by atoms with van der Waals surface area (Å²) in [5.74, 6) is 0.467. The molecule has 0 heterocycles. The molecular formula is C22H27N3O5. The molecule has 4 N–H and O–H groups in total. The maximum Gasteiger partial charge on any atom is 0.312 e. The summed E-state index contributed by atoms with van der Waals surface area (Å²) in [5.41, 5.74) is 5.87. The molecule has 1 atom stereocenters. The largest absolute Gasteiger partial charge is 0.457 e. The average molecular weight is 413 g/mol. The maximum atomic E-state index is 12.2. The van der Waals surface area contributed by atoms with Crippen LogP contribution < -0.4 is 21.1 Å². The number of carbonyl (C=O) groups excluding carboxylic acids is 3. The zero-order valence-electron chi connectivity index (χ0n) is 17.1. The number of rotatable bonds is 10. The summed E-state index contributed by atoms with van der Waals surface area (Å²) in [5, 5.41) is 5.19. The molecule has 0 radical (unpaired) electrons. The van der Waals surface area contributed by atoms with E-state index in [1.807, 2.05) is 44.2 Å². The zero-order chi connectivity index (χ0) is 21.9. The van der Waals surface area contributed by atoms with Crippen LogP contribution in [0.3, 0.4) is 0 Å². The first-order valence-electron chi connectivity index (χ1n) is 9.64. The molecule has 2 rings (SSSR count). The van der Waals surface area contributed by atoms with Gasteiger partial charge in [-0.3, -0.25) is 9.59 Å². The highest BCUT2D eigenvalue weighted by Gasteiger charge is 2.20. The Morgan fingerprint density at radius 2 is 1.70 bits per heavy atom. The molecule has 0 aliphatic carbocycles. The van der Waals surface area contributed by atoms with Gasteiger partial charge in [-0.05, 0) is 35.7 Å². The molecule has 8 nitrogen and oxygen atoms in total. The van der Waals surface area contributed by atoms with Crippen LogP contribution in [0.2, 0.25) is 0 Å². The lowest BCUT2D eigenvalue weighted by atomic mass is 10.0. The molecule has 0 saturated carbocycles. The van der Waals surface area contributed by atoms with Crippen LogP contribution in [-0.2, 0) is 14.3 Å². The lowest BCUT2D eigenvalue weighted by Gasteiger charge is -2.18. The van der Waals surface area contributed by atoms with Crippen molar-refractivity contribution >= 4 is 17.9 Å². The Balaban J connectivity index is 2.01. The van der Waals surface area contributed by atoms with Gasteiger partial charge in [0.25, 0.3) is 5.91 Å². The number of hydrogen-bond donors (Lipinski definition) is 3. The standard InChI is InChI=1S/C22H27N3O5/c1-15(2)13-24-20(26)14-29-21(27)12-19(25-22(23)28)16-7-6-10-18(11-16)30-17-8-4-3-5-9-17/h3-11,15,19H,12-14H2,1-2H3,(H,24,26)(H3,23,25,28). The van der Waals surface area contributed by atoms with Crippen molar-refractivity contribution in [1.82, 2.24) is 10.6 Å². The van der Waals surface area contributed by atoms with Crippen molar-refractivity contribution in [2.45, 2.75) is 26.3 Å². The zero-order valence-corrected chi connectivity index (χ0v) is 17.1. The minimum atomic E-state index is -0.781. The highest BCUT2D eigenvalue weighted by Crippen LogP contribution is 2.26. The average Bonchev–Trinajstić information content (AvgIpc) is 2.71. The van der Waals surface area contributed by atoms with E-state index >= 15 is 0 Å². The molecule has 3 amide bonds. The summed E-state index contributed by atoms with van der Waals surface area (Å²) >= 11 is 0. The number of hydrogen-bond acceptors (Lipinski definition) is 5. The summed E-state index contributed by atoms with van der Waals surface area (Å²) < 4.78 is 10.8. The highest BCUT2D eigenvalue weighted by molar-refractivity contribution is 5.81. The Hall–Kier alpha value is -3.55. The second kappa shape index (κ2) is 11.5. The van der Waals surface area contributed by atoms with Gasteiger partial charge >= 0.3 is 12.0 Å². The molecule has 0 aromatic heterocycles. The van der Waals surface area contributed by atoms with Crippen LogP contribution in [0, 0.1) is 5.92 Å². The maximum absolute atomic E-state index is 12.2. The minimum absolute atomic E-state index is 0.185. The number of primary amides is 1. The first-order valence-corrected chi connectivity index (χ1v) is 9.64. The van der Waals surface area contributed by atoms with E-state index in [1.165, 1.54) is 0 Å². The van der Waals surface area contributed by atoms with E-state index in [-0.39, 0.29) is 18.9 Å². The Bertz CT molecular complexity index is 855. The summed E-state index contributed by atoms with van der Waals surface area (Å²) in [6.45, 7) is 4.03. The molecule has 0 aliphatic heterocycles. The van der Waals surface area contributed by atoms with Gasteiger partial charge in [-0.2, -0.15) is 0 Å². The van der Waals surface area contributed by atoms with E-state index < -0.39 is 18.0 Å². The number of nitrogens with two attached hydrogens (primary N) is 1. The molecular weight excluding hydrogens is 386 g/mol. The molecule has 0 bridgehead atoms. The summed E-state index contributed by atoms with van der Waals surface area (Å²) in [4.78, 5) is 35.3. The second-order valence-corrected chi connectivity index (χ2v) is 7.11. The first kappa shape index (κ1) is 22.7. The third kappa shape index (κ3) is 8.22. The van der Waals surface area contributed by atoms with Crippen molar-refractivity contribution in [2.75, 3.05) is 13.2 Å². The van der Waals surface area contributed by atoms with Crippen LogP contribution in [0.4, 0.5) is 4.79 Å². The van der Waals surface area contributed by atoms with Gasteiger partial charge < -0.3 is 25.8 Å². The Morgan fingerprint density at radius 1 is 1.00 bits per heavy atom. The molecule has 30 heavy (non-hydrogen) atoms. The lowest BCUT2D eigenvalue weighted by Crippen LogP contribution is -2.35. The molecule has 0 fully saturated rings. The van der Waals surface area contributed by atoms with Crippen molar-refractivity contribution in [1.29, 1.82) is 0 Å². The van der Waals surface area contributed by atoms with Crippen LogP contribution in [0.15, 0.2) is 54.6 Å². The number of benzene rings is 2. The molecule has 2 aromatic carbocycles. The van der Waals surface area contributed by atoms with Crippen molar-refractivity contribution in [3.63, 3.8) is 0 Å². The van der Waals surface area contributed by atoms with Crippen LogP contribution in [0.5, 0.6) is 11.5 Å². The molecule has 0 saturated heterocycles. The quantitative estimate of drug-likeness (QED) is 0.517. The van der Waals surface area contributed by atoms with Crippen LogP contribution in [0.25, 0.3) is 0 Å². The Morgan fingerprint density at radius 3 is 2.37 bits per heavy atom. The van der Waals surface area contributed by atoms with Gasteiger partial charge in [-0.25, -0.2) is 4.79 Å².